The van der Waals surface area contributed by atoms with Crippen LogP contribution in [-0.4, -0.2) is 17.4 Å². The van der Waals surface area contributed by atoms with Gasteiger partial charge in [-0.05, 0) is 29.5 Å². The summed E-state index contributed by atoms with van der Waals surface area (Å²) in [7, 11) is -3.56. The van der Waals surface area contributed by atoms with E-state index in [0.717, 1.165) is 11.1 Å². The lowest BCUT2D eigenvalue weighted by atomic mass is 9.81. The van der Waals surface area contributed by atoms with E-state index in [1.165, 1.54) is 0 Å². The number of hydrogen-bond acceptors (Lipinski definition) is 3. The molecule has 0 N–H and O–H groups in total. The summed E-state index contributed by atoms with van der Waals surface area (Å²) >= 11 is 0. The molecule has 5 heteroatoms. The summed E-state index contributed by atoms with van der Waals surface area (Å²) in [6, 6.07) is 22.5. The normalized spacial score (nSPS) is 23.7. The van der Waals surface area contributed by atoms with E-state index in [1.807, 2.05) is 60.7 Å². The summed E-state index contributed by atoms with van der Waals surface area (Å²) in [4.78, 5) is 0. The average Bonchev–Trinajstić information content (AvgIpc) is 2.68. The van der Waals surface area contributed by atoms with Crippen LogP contribution in [0.25, 0.3) is 0 Å². The predicted molar refractivity (Wildman–Crippen MR) is 112 cm³/mol. The predicted octanol–water partition coefficient (Wildman–Crippen LogP) is 5.70. The maximum atomic E-state index is 13.7. The zero-order valence-corrected chi connectivity index (χ0v) is 17.9. The van der Waals surface area contributed by atoms with E-state index in [1.54, 1.807) is 4.67 Å². The molecular weight excluding hydrogens is 369 g/mol. The molecule has 28 heavy (non-hydrogen) atoms. The molecule has 0 aromatic heterocycles. The third kappa shape index (κ3) is 4.86. The third-order valence-electron chi connectivity index (χ3n) is 4.80. The molecule has 1 aliphatic heterocycles. The minimum absolute atomic E-state index is 0.177. The maximum absolute atomic E-state index is 13.7. The SMILES string of the molecule is CC(C)[C@H]1O[P@@](=O)(N(C#Cc2ccccc2)Cc2ccccc2)OCC1(C)C. The molecule has 0 aliphatic carbocycles. The van der Waals surface area contributed by atoms with E-state index in [2.05, 4.69) is 39.7 Å². The van der Waals surface area contributed by atoms with E-state index >= 15 is 0 Å². The van der Waals surface area contributed by atoms with E-state index < -0.39 is 7.75 Å². The molecule has 0 unspecified atom stereocenters. The molecule has 0 amide bonds. The fourth-order valence-corrected chi connectivity index (χ4v) is 5.53. The van der Waals surface area contributed by atoms with Crippen molar-refractivity contribution in [2.24, 2.45) is 11.3 Å². The van der Waals surface area contributed by atoms with Gasteiger partial charge in [0.25, 0.3) is 0 Å². The number of rotatable bonds is 4. The summed E-state index contributed by atoms with van der Waals surface area (Å²) in [6.45, 7) is 9.06. The van der Waals surface area contributed by atoms with Gasteiger partial charge >= 0.3 is 7.75 Å². The average molecular weight is 397 g/mol. The Morgan fingerprint density at radius 2 is 1.71 bits per heavy atom. The molecule has 1 fully saturated rings. The number of nitrogens with zero attached hydrogens (tertiary/aromatic N) is 1. The molecule has 148 valence electrons. The second-order valence-corrected chi connectivity index (χ2v) is 10.0. The fourth-order valence-electron chi connectivity index (χ4n) is 3.39. The fraction of sp³-hybridized carbons (Fsp3) is 0.391. The summed E-state index contributed by atoms with van der Waals surface area (Å²) in [5.74, 6) is 3.31. The minimum atomic E-state index is -3.56. The first kappa shape index (κ1) is 20.7. The molecule has 0 saturated carbocycles. The monoisotopic (exact) mass is 397 g/mol. The molecule has 0 bridgehead atoms. The van der Waals surface area contributed by atoms with Crippen molar-refractivity contribution in [3.63, 3.8) is 0 Å². The van der Waals surface area contributed by atoms with Gasteiger partial charge in [0.15, 0.2) is 0 Å². The van der Waals surface area contributed by atoms with Gasteiger partial charge in [-0.25, -0.2) is 9.24 Å². The quantitative estimate of drug-likeness (QED) is 0.377. The van der Waals surface area contributed by atoms with Crippen LogP contribution < -0.4 is 0 Å². The second kappa shape index (κ2) is 8.53. The highest BCUT2D eigenvalue weighted by atomic mass is 31.2. The zero-order valence-electron chi connectivity index (χ0n) is 17.0. The summed E-state index contributed by atoms with van der Waals surface area (Å²) in [5, 5.41) is 0. The maximum Gasteiger partial charge on any atom is 0.442 e. The van der Waals surface area contributed by atoms with Crippen LogP contribution in [-0.2, 0) is 20.2 Å². The molecule has 0 spiro atoms. The highest BCUT2D eigenvalue weighted by molar-refractivity contribution is 7.51. The third-order valence-corrected chi connectivity index (χ3v) is 6.58. The molecule has 1 saturated heterocycles. The van der Waals surface area contributed by atoms with Crippen LogP contribution in [0, 0.1) is 23.3 Å². The zero-order chi connectivity index (χ0) is 20.2. The standard InChI is InChI=1S/C23H28NO3P/c1-19(2)22-23(3,4)18-26-28(25,27-22)24(17-21-13-9-6-10-14-21)16-15-20-11-7-5-8-12-20/h5-14,19,22H,17-18H2,1-4H3/t22-,28-/m1/s1. The second-order valence-electron chi connectivity index (χ2n) is 8.15. The number of hydrogen-bond donors (Lipinski definition) is 0. The van der Waals surface area contributed by atoms with Crippen LogP contribution in [0.4, 0.5) is 0 Å². The molecule has 1 heterocycles. The van der Waals surface area contributed by atoms with Crippen LogP contribution in [0.3, 0.4) is 0 Å². The highest BCUT2D eigenvalue weighted by Crippen LogP contribution is 2.60. The smallest absolute Gasteiger partial charge is 0.291 e. The Bertz CT molecular complexity index is 884. The van der Waals surface area contributed by atoms with Crippen molar-refractivity contribution in [2.45, 2.75) is 40.3 Å². The Morgan fingerprint density at radius 3 is 2.32 bits per heavy atom. The van der Waals surface area contributed by atoms with Crippen LogP contribution in [0.5, 0.6) is 0 Å². The van der Waals surface area contributed by atoms with Crippen molar-refractivity contribution in [3.8, 4) is 12.0 Å². The Labute approximate surface area is 168 Å². The van der Waals surface area contributed by atoms with E-state index in [-0.39, 0.29) is 17.4 Å². The Kier molecular flexibility index (Phi) is 6.30. The molecule has 0 radical (unpaired) electrons. The molecule has 4 nitrogen and oxygen atoms in total. The van der Waals surface area contributed by atoms with Gasteiger partial charge in [0, 0.05) is 17.0 Å². The highest BCUT2D eigenvalue weighted by Gasteiger charge is 2.48. The van der Waals surface area contributed by atoms with Gasteiger partial charge in [0.1, 0.15) is 0 Å². The van der Waals surface area contributed by atoms with Crippen molar-refractivity contribution in [3.05, 3.63) is 71.8 Å². The lowest BCUT2D eigenvalue weighted by Crippen LogP contribution is -2.44. The van der Waals surface area contributed by atoms with Crippen LogP contribution in [0.15, 0.2) is 60.7 Å². The van der Waals surface area contributed by atoms with Crippen LogP contribution in [0.1, 0.15) is 38.8 Å². The van der Waals surface area contributed by atoms with E-state index in [9.17, 15) is 4.57 Å². The Balaban J connectivity index is 1.93. The largest absolute Gasteiger partial charge is 0.442 e. The lowest BCUT2D eigenvalue weighted by Gasteiger charge is -2.44. The first-order chi connectivity index (χ1) is 13.3. The van der Waals surface area contributed by atoms with E-state index in [4.69, 9.17) is 9.05 Å². The molecular formula is C23H28NO3P. The van der Waals surface area contributed by atoms with Gasteiger partial charge in [-0.2, -0.15) is 0 Å². The van der Waals surface area contributed by atoms with Crippen molar-refractivity contribution >= 4 is 7.75 Å². The lowest BCUT2D eigenvalue weighted by molar-refractivity contribution is -0.0580. The van der Waals surface area contributed by atoms with Gasteiger partial charge in [0.05, 0.1) is 19.3 Å². The molecule has 1 aliphatic rings. The summed E-state index contributed by atoms with van der Waals surface area (Å²) in [6.07, 6.45) is -0.177. The van der Waals surface area contributed by atoms with Crippen molar-refractivity contribution in [1.29, 1.82) is 0 Å². The van der Waals surface area contributed by atoms with Crippen molar-refractivity contribution < 1.29 is 13.6 Å². The van der Waals surface area contributed by atoms with E-state index in [0.29, 0.717) is 13.2 Å². The van der Waals surface area contributed by atoms with Crippen molar-refractivity contribution in [2.75, 3.05) is 6.61 Å². The van der Waals surface area contributed by atoms with Gasteiger partial charge < -0.3 is 0 Å². The first-order valence-electron chi connectivity index (χ1n) is 9.62. The topological polar surface area (TPSA) is 38.8 Å². The first-order valence-corrected chi connectivity index (χ1v) is 11.1. The molecule has 2 aromatic rings. The van der Waals surface area contributed by atoms with Gasteiger partial charge in [0.2, 0.25) is 0 Å². The Hall–Kier alpha value is -2.05. The van der Waals surface area contributed by atoms with Gasteiger partial charge in [-0.15, -0.1) is 0 Å². The minimum Gasteiger partial charge on any atom is -0.291 e. The summed E-state index contributed by atoms with van der Waals surface area (Å²) < 4.78 is 27.3. The summed E-state index contributed by atoms with van der Waals surface area (Å²) in [5.41, 5.74) is 1.64. The van der Waals surface area contributed by atoms with Gasteiger partial charge in [-0.3, -0.25) is 9.05 Å². The molecule has 3 rings (SSSR count). The number of benzene rings is 2. The van der Waals surface area contributed by atoms with Gasteiger partial charge in [-0.1, -0.05) is 76.2 Å². The molecule has 2 atom stereocenters. The Morgan fingerprint density at radius 1 is 1.11 bits per heavy atom. The van der Waals surface area contributed by atoms with Crippen molar-refractivity contribution in [1.82, 2.24) is 4.67 Å². The molecule has 2 aromatic carbocycles. The van der Waals surface area contributed by atoms with Crippen LogP contribution >= 0.6 is 7.75 Å². The van der Waals surface area contributed by atoms with Crippen LogP contribution in [0.2, 0.25) is 0 Å².